The molecular weight excluding hydrogens is 496 g/mol. The standard InChI is InChI=1S/C31H32N2O6/c1-36-23-11-7-21(8-12-23)28-27(30(35)32-17-15-31(16-18-32)38-19-20-39-31)25-5-3-4-6-26(25)29(34)33(28)22-9-13-24(37-2)14-10-22/h3-14,27-28H,15-20H2,1-2H3/t27-,28-/m0/s1. The molecule has 3 aliphatic heterocycles. The lowest BCUT2D eigenvalue weighted by Gasteiger charge is -2.45. The summed E-state index contributed by atoms with van der Waals surface area (Å²) in [6.45, 7) is 2.23. The Bertz CT molecular complexity index is 1340. The molecule has 0 saturated carbocycles. The van der Waals surface area contributed by atoms with Crippen LogP contribution in [0.2, 0.25) is 0 Å². The number of carbonyl (C=O) groups is 2. The van der Waals surface area contributed by atoms with Crippen molar-refractivity contribution in [3.63, 3.8) is 0 Å². The molecule has 3 aromatic rings. The van der Waals surface area contributed by atoms with Crippen molar-refractivity contribution in [2.45, 2.75) is 30.6 Å². The SMILES string of the molecule is COc1ccc([C@H]2[C@@H](C(=O)N3CCC4(CC3)OCCO4)c3ccccc3C(=O)N2c2ccc(OC)cc2)cc1. The molecule has 3 aliphatic rings. The Morgan fingerprint density at radius 1 is 0.846 bits per heavy atom. The molecule has 3 heterocycles. The van der Waals surface area contributed by atoms with E-state index in [0.29, 0.717) is 61.9 Å². The van der Waals surface area contributed by atoms with Crippen LogP contribution in [0.3, 0.4) is 0 Å². The number of rotatable bonds is 5. The van der Waals surface area contributed by atoms with Crippen molar-refractivity contribution < 1.29 is 28.5 Å². The van der Waals surface area contributed by atoms with Gasteiger partial charge in [-0.05, 0) is 53.6 Å². The second-order valence-electron chi connectivity index (χ2n) is 10.1. The van der Waals surface area contributed by atoms with Crippen molar-refractivity contribution in [2.75, 3.05) is 45.4 Å². The van der Waals surface area contributed by atoms with Gasteiger partial charge in [-0.1, -0.05) is 30.3 Å². The summed E-state index contributed by atoms with van der Waals surface area (Å²) in [5.74, 6) is 0.0534. The van der Waals surface area contributed by atoms with Crippen molar-refractivity contribution >= 4 is 17.5 Å². The number of methoxy groups -OCH3 is 2. The van der Waals surface area contributed by atoms with Gasteiger partial charge in [0.15, 0.2) is 5.79 Å². The Morgan fingerprint density at radius 2 is 1.44 bits per heavy atom. The monoisotopic (exact) mass is 528 g/mol. The first-order valence-electron chi connectivity index (χ1n) is 13.3. The predicted octanol–water partition coefficient (Wildman–Crippen LogP) is 4.55. The van der Waals surface area contributed by atoms with E-state index in [9.17, 15) is 9.59 Å². The molecule has 1 spiro atoms. The van der Waals surface area contributed by atoms with Crippen LogP contribution in [0.1, 0.15) is 46.3 Å². The molecule has 202 valence electrons. The Balaban J connectivity index is 1.45. The molecule has 8 nitrogen and oxygen atoms in total. The number of amides is 2. The molecule has 0 bridgehead atoms. The molecule has 2 atom stereocenters. The fraction of sp³-hybridized carbons (Fsp3) is 0.355. The van der Waals surface area contributed by atoms with Gasteiger partial charge in [0, 0.05) is 37.2 Å². The van der Waals surface area contributed by atoms with Crippen LogP contribution in [0.25, 0.3) is 0 Å². The van der Waals surface area contributed by atoms with Crippen LogP contribution in [0.5, 0.6) is 11.5 Å². The summed E-state index contributed by atoms with van der Waals surface area (Å²) >= 11 is 0. The number of fused-ring (bicyclic) bond motifs is 1. The number of carbonyl (C=O) groups excluding carboxylic acids is 2. The van der Waals surface area contributed by atoms with E-state index >= 15 is 0 Å². The van der Waals surface area contributed by atoms with Crippen molar-refractivity contribution in [3.8, 4) is 11.5 Å². The molecule has 0 aliphatic carbocycles. The van der Waals surface area contributed by atoms with Crippen LogP contribution >= 0.6 is 0 Å². The van der Waals surface area contributed by atoms with E-state index in [1.165, 1.54) is 0 Å². The highest BCUT2D eigenvalue weighted by Gasteiger charge is 2.48. The minimum absolute atomic E-state index is 0.0119. The van der Waals surface area contributed by atoms with Gasteiger partial charge in [0.1, 0.15) is 11.5 Å². The second-order valence-corrected chi connectivity index (χ2v) is 10.1. The van der Waals surface area contributed by atoms with Gasteiger partial charge < -0.3 is 23.8 Å². The summed E-state index contributed by atoms with van der Waals surface area (Å²) in [7, 11) is 3.23. The first-order chi connectivity index (χ1) is 19.0. The first kappa shape index (κ1) is 25.4. The van der Waals surface area contributed by atoms with Gasteiger partial charge in [-0.25, -0.2) is 0 Å². The summed E-state index contributed by atoms with van der Waals surface area (Å²) in [6.07, 6.45) is 1.25. The molecule has 2 fully saturated rings. The molecule has 6 rings (SSSR count). The van der Waals surface area contributed by atoms with E-state index in [0.717, 1.165) is 11.1 Å². The third kappa shape index (κ3) is 4.53. The van der Waals surface area contributed by atoms with Crippen LogP contribution in [0.15, 0.2) is 72.8 Å². The number of piperidine rings is 1. The largest absolute Gasteiger partial charge is 0.497 e. The van der Waals surface area contributed by atoms with Crippen LogP contribution < -0.4 is 14.4 Å². The summed E-state index contributed by atoms with van der Waals surface area (Å²) in [5, 5.41) is 0. The normalized spacial score (nSPS) is 22.1. The lowest BCUT2D eigenvalue weighted by molar-refractivity contribution is -0.187. The molecule has 0 aromatic heterocycles. The fourth-order valence-corrected chi connectivity index (χ4v) is 6.02. The highest BCUT2D eigenvalue weighted by Crippen LogP contribution is 2.47. The van der Waals surface area contributed by atoms with Crippen molar-refractivity contribution in [3.05, 3.63) is 89.5 Å². The molecule has 8 heteroatoms. The van der Waals surface area contributed by atoms with Crippen molar-refractivity contribution in [1.82, 2.24) is 4.90 Å². The Kier molecular flexibility index (Phi) is 6.74. The highest BCUT2D eigenvalue weighted by molar-refractivity contribution is 6.11. The maximum Gasteiger partial charge on any atom is 0.259 e. The van der Waals surface area contributed by atoms with E-state index < -0.39 is 17.7 Å². The predicted molar refractivity (Wildman–Crippen MR) is 145 cm³/mol. The van der Waals surface area contributed by atoms with Crippen LogP contribution in [-0.2, 0) is 14.3 Å². The Hall–Kier alpha value is -3.88. The van der Waals surface area contributed by atoms with E-state index in [4.69, 9.17) is 18.9 Å². The van der Waals surface area contributed by atoms with Gasteiger partial charge in [0.25, 0.3) is 5.91 Å². The summed E-state index contributed by atoms with van der Waals surface area (Å²) in [4.78, 5) is 32.2. The molecule has 2 amide bonds. The maximum atomic E-state index is 14.5. The number of hydrogen-bond donors (Lipinski definition) is 0. The number of ether oxygens (including phenoxy) is 4. The third-order valence-corrected chi connectivity index (χ3v) is 8.06. The van der Waals surface area contributed by atoms with Gasteiger partial charge in [0.2, 0.25) is 5.91 Å². The summed E-state index contributed by atoms with van der Waals surface area (Å²) in [5.41, 5.74) is 2.82. The van der Waals surface area contributed by atoms with E-state index in [1.807, 2.05) is 77.7 Å². The number of hydrogen-bond acceptors (Lipinski definition) is 6. The Labute approximate surface area is 228 Å². The lowest BCUT2D eigenvalue weighted by Crippen LogP contribution is -2.52. The quantitative estimate of drug-likeness (QED) is 0.484. The van der Waals surface area contributed by atoms with Crippen molar-refractivity contribution in [1.29, 1.82) is 0 Å². The third-order valence-electron chi connectivity index (χ3n) is 8.06. The number of anilines is 1. The Morgan fingerprint density at radius 3 is 2.05 bits per heavy atom. The van der Waals surface area contributed by atoms with Gasteiger partial charge in [-0.2, -0.15) is 0 Å². The van der Waals surface area contributed by atoms with Gasteiger partial charge >= 0.3 is 0 Å². The molecule has 39 heavy (non-hydrogen) atoms. The average Bonchev–Trinajstić information content (AvgIpc) is 3.45. The maximum absolute atomic E-state index is 14.5. The van der Waals surface area contributed by atoms with Gasteiger partial charge in [-0.15, -0.1) is 0 Å². The van der Waals surface area contributed by atoms with Crippen LogP contribution in [-0.4, -0.2) is 63.0 Å². The minimum Gasteiger partial charge on any atom is -0.497 e. The van der Waals surface area contributed by atoms with Crippen LogP contribution in [0.4, 0.5) is 5.69 Å². The van der Waals surface area contributed by atoms with Crippen molar-refractivity contribution in [2.24, 2.45) is 0 Å². The zero-order valence-electron chi connectivity index (χ0n) is 22.2. The van der Waals surface area contributed by atoms with Crippen LogP contribution in [0, 0.1) is 0 Å². The summed E-state index contributed by atoms with van der Waals surface area (Å²) < 4.78 is 22.5. The van der Waals surface area contributed by atoms with E-state index in [1.54, 1.807) is 19.1 Å². The summed E-state index contributed by atoms with van der Waals surface area (Å²) in [6, 6.07) is 21.9. The average molecular weight is 529 g/mol. The molecule has 0 unspecified atom stereocenters. The molecule has 2 saturated heterocycles. The van der Waals surface area contributed by atoms with Gasteiger partial charge in [-0.3, -0.25) is 14.5 Å². The smallest absolute Gasteiger partial charge is 0.259 e. The topological polar surface area (TPSA) is 77.5 Å². The molecule has 0 N–H and O–H groups in total. The highest BCUT2D eigenvalue weighted by atomic mass is 16.7. The zero-order chi connectivity index (χ0) is 27.0. The zero-order valence-corrected chi connectivity index (χ0v) is 22.2. The fourth-order valence-electron chi connectivity index (χ4n) is 6.02. The number of likely N-dealkylation sites (tertiary alicyclic amines) is 1. The minimum atomic E-state index is -0.603. The molecule has 3 aromatic carbocycles. The van der Waals surface area contributed by atoms with E-state index in [2.05, 4.69) is 0 Å². The second kappa shape index (κ2) is 10.4. The molecule has 0 radical (unpaired) electrons. The van der Waals surface area contributed by atoms with Gasteiger partial charge in [0.05, 0.1) is 39.4 Å². The number of benzene rings is 3. The number of nitrogens with zero attached hydrogens (tertiary/aromatic N) is 2. The van der Waals surface area contributed by atoms with E-state index in [-0.39, 0.29) is 11.8 Å². The lowest BCUT2D eigenvalue weighted by atomic mass is 9.78. The first-order valence-corrected chi connectivity index (χ1v) is 13.3. The molecular formula is C31H32N2O6.